The van der Waals surface area contributed by atoms with Crippen molar-refractivity contribution in [2.24, 2.45) is 0 Å². The summed E-state index contributed by atoms with van der Waals surface area (Å²) in [5, 5.41) is 8.93. The molecule has 0 spiro atoms. The van der Waals surface area contributed by atoms with Gasteiger partial charge in [-0.1, -0.05) is 0 Å². The molecule has 8 heavy (non-hydrogen) atoms. The van der Waals surface area contributed by atoms with Crippen LogP contribution >= 0.6 is 15.5 Å². The summed E-state index contributed by atoms with van der Waals surface area (Å²) in [6.45, 7) is 0. The van der Waals surface area contributed by atoms with Crippen LogP contribution in [-0.4, -0.2) is 10.2 Å². The van der Waals surface area contributed by atoms with Gasteiger partial charge in [0.05, 0.1) is 0 Å². The van der Waals surface area contributed by atoms with Crippen LogP contribution in [0.4, 0.5) is 0 Å². The van der Waals surface area contributed by atoms with Crippen molar-refractivity contribution in [1.82, 2.24) is 0 Å². The molecule has 0 aromatic rings. The Balaban J connectivity index is 4.31. The molecule has 0 rings (SSSR count). The Morgan fingerprint density at radius 2 is 2.25 bits per heavy atom. The second-order valence-electron chi connectivity index (χ2n) is 0.793. The van der Waals surface area contributed by atoms with Gasteiger partial charge in [0.15, 0.2) is 0 Å². The fraction of sp³-hybridized carbons (Fsp3) is 0. The molecular formula is CH2O5P2. The Hall–Kier alpha value is 0.120. The molecule has 0 bridgehead atoms. The molecule has 46 valence electrons. The van der Waals surface area contributed by atoms with E-state index in [0.29, 0.717) is 0 Å². The van der Waals surface area contributed by atoms with Crippen molar-refractivity contribution >= 4 is 15.5 Å². The first-order valence-electron chi connectivity index (χ1n) is 1.38. The molecule has 0 fully saturated rings. The molecule has 5 nitrogen and oxygen atoms in total. The predicted octanol–water partition coefficient (Wildman–Crippen LogP) is 0.870. The Bertz CT molecular complexity index is 199. The van der Waals surface area contributed by atoms with Crippen LogP contribution in [0, 0.1) is 5.37 Å². The van der Waals surface area contributed by atoms with E-state index in [0.717, 1.165) is 0 Å². The van der Waals surface area contributed by atoms with Crippen LogP contribution in [0.2, 0.25) is 0 Å². The number of hydrogen-bond acceptors (Lipinski definition) is 4. The third-order valence-corrected chi connectivity index (χ3v) is 1.84. The minimum absolute atomic E-state index is 0.774. The van der Waals surface area contributed by atoms with Crippen molar-refractivity contribution in [3.05, 3.63) is 0 Å². The molecule has 0 aliphatic rings. The number of hydrogen-bond donors (Lipinski definition) is 2. The van der Waals surface area contributed by atoms with Gasteiger partial charge in [0, 0.05) is 0 Å². The first kappa shape index (κ1) is 8.12. The molecule has 0 saturated heterocycles. The van der Waals surface area contributed by atoms with Gasteiger partial charge < -0.3 is 0 Å². The minimum atomic E-state index is -4.19. The Labute approximate surface area is 45.9 Å². The van der Waals surface area contributed by atoms with E-state index in [-0.39, 0.29) is 0 Å². The van der Waals surface area contributed by atoms with E-state index < -0.39 is 15.5 Å². The molecule has 2 N–H and O–H groups in total. The zero-order valence-corrected chi connectivity index (χ0v) is 5.30. The first-order valence-corrected chi connectivity index (χ1v) is 3.77. The third kappa shape index (κ3) is 3.16. The second-order valence-corrected chi connectivity index (χ2v) is 2.98. The summed E-state index contributed by atoms with van der Waals surface area (Å²) in [7, 11) is -4.97. The fourth-order valence-corrected chi connectivity index (χ4v) is 0.629. The van der Waals surface area contributed by atoms with Crippen molar-refractivity contribution in [3.8, 4) is 5.37 Å². The van der Waals surface area contributed by atoms with E-state index in [2.05, 4.69) is 4.67 Å². The summed E-state index contributed by atoms with van der Waals surface area (Å²) in [4.78, 5) is 8.09. The zero-order valence-electron chi connectivity index (χ0n) is 3.51. The Morgan fingerprint density at radius 1 is 1.75 bits per heavy atom. The first-order chi connectivity index (χ1) is 3.62. The average Bonchev–Trinajstić information content (AvgIpc) is 1.67. The molecule has 7 heteroatoms. The van der Waals surface area contributed by atoms with Crippen LogP contribution in [0.3, 0.4) is 0 Å². The van der Waals surface area contributed by atoms with Gasteiger partial charge >= 0.3 is 44.8 Å². The quantitative estimate of drug-likeness (QED) is 0.334. The Morgan fingerprint density at radius 3 is 2.38 bits per heavy atom. The van der Waals surface area contributed by atoms with Crippen molar-refractivity contribution in [2.75, 3.05) is 0 Å². The van der Waals surface area contributed by atoms with Crippen molar-refractivity contribution in [1.29, 1.82) is 0 Å². The van der Waals surface area contributed by atoms with E-state index in [9.17, 15) is 9.13 Å². The maximum atomic E-state index is 9.95. The summed E-state index contributed by atoms with van der Waals surface area (Å²) in [6.07, 6.45) is 0. The van der Waals surface area contributed by atoms with E-state index in [1.54, 1.807) is 0 Å². The molecule has 1 unspecified atom stereocenters. The van der Waals surface area contributed by atoms with Gasteiger partial charge in [-0.25, -0.2) is 0 Å². The maximum absolute atomic E-state index is 9.95. The van der Waals surface area contributed by atoms with Gasteiger partial charge in [0.2, 0.25) is 0 Å². The normalized spacial score (nSPS) is 16.2. The summed E-state index contributed by atoms with van der Waals surface area (Å²) < 4.78 is 22.4. The van der Waals surface area contributed by atoms with Crippen molar-refractivity contribution in [2.45, 2.75) is 0 Å². The van der Waals surface area contributed by atoms with Gasteiger partial charge in [-0.15, -0.1) is 0 Å². The van der Waals surface area contributed by atoms with E-state index in [4.69, 9.17) is 10.2 Å². The van der Waals surface area contributed by atoms with Gasteiger partial charge in [-0.2, -0.15) is 0 Å². The van der Waals surface area contributed by atoms with Crippen LogP contribution in [0.1, 0.15) is 0 Å². The van der Waals surface area contributed by atoms with Crippen LogP contribution in [0.15, 0.2) is 0 Å². The average molecular weight is 156 g/mol. The van der Waals surface area contributed by atoms with E-state index >= 15 is 0 Å². The van der Waals surface area contributed by atoms with E-state index in [1.165, 1.54) is 5.37 Å². The van der Waals surface area contributed by atoms with Gasteiger partial charge in [-0.3, -0.25) is 0 Å². The monoisotopic (exact) mass is 156 g/mol. The molecule has 0 aromatic carbocycles. The molecule has 0 saturated carbocycles. The molecule has 0 radical (unpaired) electrons. The molecule has 0 aliphatic heterocycles. The van der Waals surface area contributed by atoms with Crippen LogP contribution < -0.4 is 0 Å². The molecule has 0 heterocycles. The SMILES string of the molecule is O=P#CP(=O)(O)OO. The molecule has 0 aromatic heterocycles. The summed E-state index contributed by atoms with van der Waals surface area (Å²) >= 11 is 0. The van der Waals surface area contributed by atoms with Gasteiger partial charge in [0.1, 0.15) is 0 Å². The second kappa shape index (κ2) is 3.21. The fourth-order valence-electron chi connectivity index (χ4n) is 0.0698. The van der Waals surface area contributed by atoms with Crippen LogP contribution in [0.25, 0.3) is 0 Å². The summed E-state index contributed by atoms with van der Waals surface area (Å²) in [5.41, 5.74) is 0. The summed E-state index contributed by atoms with van der Waals surface area (Å²) in [6, 6.07) is 0. The van der Waals surface area contributed by atoms with Crippen LogP contribution in [0.5, 0.6) is 0 Å². The molecule has 0 aliphatic carbocycles. The van der Waals surface area contributed by atoms with E-state index in [1.807, 2.05) is 0 Å². The topological polar surface area (TPSA) is 83.8 Å². The molecule has 0 amide bonds. The zero-order chi connectivity index (χ0) is 6.62. The van der Waals surface area contributed by atoms with Crippen LogP contribution in [-0.2, 0) is 13.8 Å². The third-order valence-electron chi connectivity index (χ3n) is 0.278. The number of rotatable bonds is 1. The summed E-state index contributed by atoms with van der Waals surface area (Å²) in [5.74, 6) is 0. The van der Waals surface area contributed by atoms with Gasteiger partial charge in [0.25, 0.3) is 0 Å². The van der Waals surface area contributed by atoms with Gasteiger partial charge in [-0.05, 0) is 0 Å². The van der Waals surface area contributed by atoms with Crippen molar-refractivity contribution in [3.63, 3.8) is 0 Å². The standard InChI is InChI=1S/CH2O5P2/c2-6-8(4,5)1-7-3/h2H,(H,4,5). The Kier molecular flexibility index (Phi) is 3.25. The molecular weight excluding hydrogens is 154 g/mol. The van der Waals surface area contributed by atoms with Crippen molar-refractivity contribution < 1.29 is 24.0 Å². The predicted molar refractivity (Wildman–Crippen MR) is 25.0 cm³/mol. The molecule has 1 atom stereocenters.